The lowest BCUT2D eigenvalue weighted by Crippen LogP contribution is -2.33. The SMILES string of the molecule is O=C(CCC1CCN(Cc2cc(Cl)ccc2O)CC1)NCc1cccnc1. The minimum atomic E-state index is 0.102. The first kappa shape index (κ1) is 19.6. The molecule has 1 aliphatic heterocycles. The van der Waals surface area contributed by atoms with Crippen molar-refractivity contribution >= 4 is 17.5 Å². The van der Waals surface area contributed by atoms with Gasteiger partial charge in [-0.3, -0.25) is 14.7 Å². The summed E-state index contributed by atoms with van der Waals surface area (Å²) >= 11 is 6.02. The highest BCUT2D eigenvalue weighted by atomic mass is 35.5. The second-order valence-corrected chi connectivity index (χ2v) is 7.61. The Morgan fingerprint density at radius 1 is 1.30 bits per heavy atom. The molecule has 0 atom stereocenters. The zero-order valence-electron chi connectivity index (χ0n) is 15.4. The Balaban J connectivity index is 1.35. The Morgan fingerprint density at radius 2 is 2.11 bits per heavy atom. The number of hydrogen-bond acceptors (Lipinski definition) is 4. The van der Waals surface area contributed by atoms with Crippen LogP contribution in [-0.2, 0) is 17.9 Å². The van der Waals surface area contributed by atoms with Crippen molar-refractivity contribution in [3.05, 3.63) is 58.9 Å². The van der Waals surface area contributed by atoms with E-state index >= 15 is 0 Å². The van der Waals surface area contributed by atoms with Crippen LogP contribution in [0.3, 0.4) is 0 Å². The minimum absolute atomic E-state index is 0.102. The van der Waals surface area contributed by atoms with Crippen molar-refractivity contribution in [2.24, 2.45) is 5.92 Å². The molecule has 1 fully saturated rings. The van der Waals surface area contributed by atoms with E-state index in [-0.39, 0.29) is 5.91 Å². The lowest BCUT2D eigenvalue weighted by Gasteiger charge is -2.32. The number of nitrogens with one attached hydrogen (secondary N) is 1. The number of likely N-dealkylation sites (tertiary alicyclic amines) is 1. The second-order valence-electron chi connectivity index (χ2n) is 7.17. The predicted octanol–water partition coefficient (Wildman–Crippen LogP) is 3.75. The monoisotopic (exact) mass is 387 g/mol. The van der Waals surface area contributed by atoms with Gasteiger partial charge < -0.3 is 10.4 Å². The molecule has 1 saturated heterocycles. The van der Waals surface area contributed by atoms with Gasteiger partial charge in [-0.15, -0.1) is 0 Å². The molecule has 5 nitrogen and oxygen atoms in total. The first-order chi connectivity index (χ1) is 13.1. The van der Waals surface area contributed by atoms with Crippen LogP contribution in [0.25, 0.3) is 0 Å². The normalized spacial score (nSPS) is 15.6. The number of halogens is 1. The van der Waals surface area contributed by atoms with Gasteiger partial charge in [0.05, 0.1) is 0 Å². The lowest BCUT2D eigenvalue weighted by molar-refractivity contribution is -0.121. The Morgan fingerprint density at radius 3 is 2.85 bits per heavy atom. The van der Waals surface area contributed by atoms with E-state index in [9.17, 15) is 9.90 Å². The fourth-order valence-corrected chi connectivity index (χ4v) is 3.68. The van der Waals surface area contributed by atoms with Crippen LogP contribution in [0.5, 0.6) is 5.75 Å². The number of piperidine rings is 1. The standard InChI is InChI=1S/C21H26ClN3O2/c22-19-4-5-20(26)18(12-19)15-25-10-7-16(8-11-25)3-6-21(27)24-14-17-2-1-9-23-13-17/h1-2,4-5,9,12-13,16,26H,3,6-8,10-11,14-15H2,(H,24,27). The van der Waals surface area contributed by atoms with Crippen LogP contribution >= 0.6 is 11.6 Å². The van der Waals surface area contributed by atoms with Gasteiger partial charge in [0.25, 0.3) is 0 Å². The molecule has 2 heterocycles. The van der Waals surface area contributed by atoms with Crippen LogP contribution in [0.4, 0.5) is 0 Å². The molecule has 0 aliphatic carbocycles. The van der Waals surface area contributed by atoms with E-state index < -0.39 is 0 Å². The van der Waals surface area contributed by atoms with Crippen LogP contribution in [0.15, 0.2) is 42.7 Å². The fourth-order valence-electron chi connectivity index (χ4n) is 3.48. The maximum Gasteiger partial charge on any atom is 0.220 e. The van der Waals surface area contributed by atoms with Gasteiger partial charge in [0.15, 0.2) is 0 Å². The summed E-state index contributed by atoms with van der Waals surface area (Å²) in [7, 11) is 0. The summed E-state index contributed by atoms with van der Waals surface area (Å²) < 4.78 is 0. The van der Waals surface area contributed by atoms with E-state index in [1.54, 1.807) is 24.5 Å². The van der Waals surface area contributed by atoms with E-state index in [1.807, 2.05) is 18.2 Å². The van der Waals surface area contributed by atoms with Gasteiger partial charge in [0, 0.05) is 42.5 Å². The molecule has 6 heteroatoms. The molecule has 144 valence electrons. The van der Waals surface area contributed by atoms with E-state index in [0.29, 0.717) is 36.2 Å². The van der Waals surface area contributed by atoms with Crippen molar-refractivity contribution in [2.75, 3.05) is 13.1 Å². The highest BCUT2D eigenvalue weighted by Gasteiger charge is 2.20. The van der Waals surface area contributed by atoms with Crippen molar-refractivity contribution in [2.45, 2.75) is 38.8 Å². The van der Waals surface area contributed by atoms with Crippen LogP contribution in [0, 0.1) is 5.92 Å². The molecule has 0 bridgehead atoms. The predicted molar refractivity (Wildman–Crippen MR) is 106 cm³/mol. The van der Waals surface area contributed by atoms with Gasteiger partial charge in [0.1, 0.15) is 5.75 Å². The van der Waals surface area contributed by atoms with Gasteiger partial charge in [-0.25, -0.2) is 0 Å². The molecule has 0 spiro atoms. The molecule has 1 aliphatic rings. The number of aromatic hydroxyl groups is 1. The molecule has 0 radical (unpaired) electrons. The van der Waals surface area contributed by atoms with Crippen LogP contribution in [0.2, 0.25) is 5.02 Å². The summed E-state index contributed by atoms with van der Waals surface area (Å²) in [6, 6.07) is 9.01. The molecule has 27 heavy (non-hydrogen) atoms. The smallest absolute Gasteiger partial charge is 0.220 e. The van der Waals surface area contributed by atoms with Crippen molar-refractivity contribution in [3.63, 3.8) is 0 Å². The Hall–Kier alpha value is -2.11. The molecular weight excluding hydrogens is 362 g/mol. The van der Waals surface area contributed by atoms with Crippen molar-refractivity contribution < 1.29 is 9.90 Å². The Bertz CT molecular complexity index is 746. The van der Waals surface area contributed by atoms with E-state index in [1.165, 1.54) is 0 Å². The van der Waals surface area contributed by atoms with Gasteiger partial charge in [0.2, 0.25) is 5.91 Å². The zero-order chi connectivity index (χ0) is 19.1. The maximum atomic E-state index is 12.1. The summed E-state index contributed by atoms with van der Waals surface area (Å²) in [6.45, 7) is 3.21. The Kier molecular flexibility index (Phi) is 7.07. The first-order valence-corrected chi connectivity index (χ1v) is 9.83. The number of amides is 1. The number of hydrogen-bond donors (Lipinski definition) is 2. The second kappa shape index (κ2) is 9.72. The average molecular weight is 388 g/mol. The van der Waals surface area contributed by atoms with Crippen LogP contribution in [-0.4, -0.2) is 34.0 Å². The number of aromatic nitrogens is 1. The molecule has 2 N–H and O–H groups in total. The highest BCUT2D eigenvalue weighted by Crippen LogP contribution is 2.27. The summed E-state index contributed by atoms with van der Waals surface area (Å²) in [5.41, 5.74) is 1.89. The number of pyridine rings is 1. The zero-order valence-corrected chi connectivity index (χ0v) is 16.2. The maximum absolute atomic E-state index is 12.1. The van der Waals surface area contributed by atoms with Crippen molar-refractivity contribution in [1.29, 1.82) is 0 Å². The van der Waals surface area contributed by atoms with Gasteiger partial charge in [-0.05, 0) is 68.1 Å². The first-order valence-electron chi connectivity index (χ1n) is 9.45. The van der Waals surface area contributed by atoms with Crippen molar-refractivity contribution in [1.82, 2.24) is 15.2 Å². The summed E-state index contributed by atoms with van der Waals surface area (Å²) in [6.07, 6.45) is 7.16. The van der Waals surface area contributed by atoms with E-state index in [0.717, 1.165) is 43.5 Å². The lowest BCUT2D eigenvalue weighted by atomic mass is 9.92. The molecule has 0 unspecified atom stereocenters. The third kappa shape index (κ3) is 6.22. The minimum Gasteiger partial charge on any atom is -0.508 e. The Labute approximate surface area is 165 Å². The number of rotatable bonds is 7. The number of phenols is 1. The summed E-state index contributed by atoms with van der Waals surface area (Å²) in [5, 5.41) is 13.6. The number of carbonyl (C=O) groups excluding carboxylic acids is 1. The quantitative estimate of drug-likeness (QED) is 0.759. The number of benzene rings is 1. The fraction of sp³-hybridized carbons (Fsp3) is 0.429. The van der Waals surface area contributed by atoms with Crippen LogP contribution < -0.4 is 5.32 Å². The van der Waals surface area contributed by atoms with Gasteiger partial charge in [-0.1, -0.05) is 17.7 Å². The summed E-state index contributed by atoms with van der Waals surface area (Å²) in [5.74, 6) is 0.982. The number of phenolic OH excluding ortho intramolecular Hbond substituents is 1. The van der Waals surface area contributed by atoms with Gasteiger partial charge in [-0.2, -0.15) is 0 Å². The summed E-state index contributed by atoms with van der Waals surface area (Å²) in [4.78, 5) is 18.4. The average Bonchev–Trinajstić information content (AvgIpc) is 2.69. The topological polar surface area (TPSA) is 65.5 Å². The van der Waals surface area contributed by atoms with Crippen molar-refractivity contribution in [3.8, 4) is 5.75 Å². The largest absolute Gasteiger partial charge is 0.508 e. The third-order valence-electron chi connectivity index (χ3n) is 5.13. The molecule has 1 aromatic heterocycles. The number of carbonyl (C=O) groups is 1. The van der Waals surface area contributed by atoms with E-state index in [4.69, 9.17) is 11.6 Å². The molecule has 3 rings (SSSR count). The molecule has 1 aromatic carbocycles. The van der Waals surface area contributed by atoms with Gasteiger partial charge >= 0.3 is 0 Å². The van der Waals surface area contributed by atoms with E-state index in [2.05, 4.69) is 15.2 Å². The molecule has 0 saturated carbocycles. The molecule has 1 amide bonds. The highest BCUT2D eigenvalue weighted by molar-refractivity contribution is 6.30. The molecule has 2 aromatic rings. The molecular formula is C21H26ClN3O2. The third-order valence-corrected chi connectivity index (χ3v) is 5.37. The number of nitrogens with zero attached hydrogens (tertiary/aromatic N) is 2. The van der Waals surface area contributed by atoms with Crippen LogP contribution in [0.1, 0.15) is 36.8 Å².